The van der Waals surface area contributed by atoms with Gasteiger partial charge in [-0.05, 0) is 31.0 Å². The molecule has 0 fully saturated rings. The first-order chi connectivity index (χ1) is 9.12. The van der Waals surface area contributed by atoms with E-state index < -0.39 is 0 Å². The van der Waals surface area contributed by atoms with Gasteiger partial charge in [-0.25, -0.2) is 4.79 Å². The molecular formula is C15H22BrNO2. The highest BCUT2D eigenvalue weighted by Gasteiger charge is 2.27. The number of carbonyl (C=O) groups is 1. The third-order valence-electron chi connectivity index (χ3n) is 3.21. The van der Waals surface area contributed by atoms with Crippen molar-refractivity contribution < 1.29 is 9.53 Å². The summed E-state index contributed by atoms with van der Waals surface area (Å²) in [5, 5.41) is 3.30. The Balaban J connectivity index is 2.87. The van der Waals surface area contributed by atoms with Gasteiger partial charge in [0.15, 0.2) is 0 Å². The Labute approximate surface area is 123 Å². The Kier molecular flexibility index (Phi) is 6.92. The fourth-order valence-corrected chi connectivity index (χ4v) is 2.52. The Hall–Kier alpha value is -1.03. The molecule has 1 aromatic carbocycles. The average Bonchev–Trinajstić information content (AvgIpc) is 2.39. The van der Waals surface area contributed by atoms with Gasteiger partial charge in [0, 0.05) is 10.2 Å². The van der Waals surface area contributed by atoms with Gasteiger partial charge >= 0.3 is 5.97 Å². The van der Waals surface area contributed by atoms with E-state index in [9.17, 15) is 4.79 Å². The van der Waals surface area contributed by atoms with E-state index in [1.165, 1.54) is 0 Å². The summed E-state index contributed by atoms with van der Waals surface area (Å²) in [5.41, 5.74) is 0.930. The molecule has 0 aliphatic carbocycles. The highest BCUT2D eigenvalue weighted by atomic mass is 79.9. The lowest BCUT2D eigenvalue weighted by atomic mass is 9.94. The molecule has 1 aromatic rings. The zero-order chi connectivity index (χ0) is 14.3. The van der Waals surface area contributed by atoms with Crippen LogP contribution in [0.25, 0.3) is 0 Å². The minimum Gasteiger partial charge on any atom is -0.464 e. The van der Waals surface area contributed by atoms with Crippen LogP contribution in [0.5, 0.6) is 0 Å². The van der Waals surface area contributed by atoms with Gasteiger partial charge in [0.05, 0.1) is 6.61 Å². The van der Waals surface area contributed by atoms with Crippen molar-refractivity contribution in [2.45, 2.75) is 39.7 Å². The van der Waals surface area contributed by atoms with E-state index in [2.05, 4.69) is 35.1 Å². The van der Waals surface area contributed by atoms with Gasteiger partial charge in [-0.1, -0.05) is 48.7 Å². The van der Waals surface area contributed by atoms with Crippen LogP contribution in [-0.2, 0) is 9.53 Å². The molecule has 1 unspecified atom stereocenters. The summed E-state index contributed by atoms with van der Waals surface area (Å²) in [7, 11) is 0. The Bertz CT molecular complexity index is 405. The summed E-state index contributed by atoms with van der Waals surface area (Å²) in [5.74, 6) is 0.106. The van der Waals surface area contributed by atoms with Crippen molar-refractivity contribution in [1.29, 1.82) is 0 Å². The van der Waals surface area contributed by atoms with E-state index in [1.807, 2.05) is 31.2 Å². The summed E-state index contributed by atoms with van der Waals surface area (Å²) < 4.78 is 6.17. The lowest BCUT2D eigenvalue weighted by molar-refractivity contribution is -0.145. The first kappa shape index (κ1) is 16.0. The van der Waals surface area contributed by atoms with Crippen molar-refractivity contribution >= 4 is 27.6 Å². The summed E-state index contributed by atoms with van der Waals surface area (Å²) in [4.78, 5) is 12.1. The van der Waals surface area contributed by atoms with Crippen molar-refractivity contribution in [1.82, 2.24) is 0 Å². The molecule has 1 atom stereocenters. The highest BCUT2D eigenvalue weighted by molar-refractivity contribution is 9.10. The molecule has 0 saturated heterocycles. The van der Waals surface area contributed by atoms with Gasteiger partial charge in [0.2, 0.25) is 0 Å². The van der Waals surface area contributed by atoms with Crippen molar-refractivity contribution in [2.24, 2.45) is 5.92 Å². The van der Waals surface area contributed by atoms with Crippen molar-refractivity contribution in [3.8, 4) is 0 Å². The maximum absolute atomic E-state index is 12.1. The van der Waals surface area contributed by atoms with Crippen LogP contribution in [0.1, 0.15) is 33.6 Å². The highest BCUT2D eigenvalue weighted by Crippen LogP contribution is 2.22. The molecule has 0 saturated carbocycles. The normalized spacial score (nSPS) is 12.3. The number of nitrogens with one attached hydrogen (secondary N) is 1. The van der Waals surface area contributed by atoms with Crippen LogP contribution in [0.15, 0.2) is 28.7 Å². The third-order valence-corrected chi connectivity index (χ3v) is 3.70. The zero-order valence-electron chi connectivity index (χ0n) is 11.8. The van der Waals surface area contributed by atoms with Gasteiger partial charge in [-0.15, -0.1) is 0 Å². The molecule has 0 aliphatic heterocycles. The first-order valence-corrected chi connectivity index (χ1v) is 7.60. The number of hydrogen-bond acceptors (Lipinski definition) is 3. The predicted molar refractivity (Wildman–Crippen MR) is 82.3 cm³/mol. The largest absolute Gasteiger partial charge is 0.464 e. The van der Waals surface area contributed by atoms with Crippen LogP contribution in [-0.4, -0.2) is 18.6 Å². The van der Waals surface area contributed by atoms with Crippen LogP contribution in [0.2, 0.25) is 0 Å². The molecule has 0 bridgehead atoms. The maximum atomic E-state index is 12.1. The van der Waals surface area contributed by atoms with E-state index in [4.69, 9.17) is 4.74 Å². The molecule has 0 aromatic heterocycles. The van der Waals surface area contributed by atoms with E-state index in [0.29, 0.717) is 6.61 Å². The van der Waals surface area contributed by atoms with Gasteiger partial charge in [-0.3, -0.25) is 0 Å². The second-order valence-corrected chi connectivity index (χ2v) is 5.38. The van der Waals surface area contributed by atoms with Gasteiger partial charge < -0.3 is 10.1 Å². The molecule has 0 aliphatic rings. The average molecular weight is 328 g/mol. The standard InChI is InChI=1S/C15H22BrNO2/c1-4-11(5-2)14(15(18)19-6-3)17-13-9-7-8-12(16)10-13/h7-11,14,17H,4-6H2,1-3H3. The Morgan fingerprint density at radius 3 is 2.53 bits per heavy atom. The lowest BCUT2D eigenvalue weighted by Crippen LogP contribution is -2.38. The van der Waals surface area contributed by atoms with Crippen LogP contribution in [0.4, 0.5) is 5.69 Å². The minimum absolute atomic E-state index is 0.170. The monoisotopic (exact) mass is 327 g/mol. The van der Waals surface area contributed by atoms with Crippen LogP contribution in [0, 0.1) is 5.92 Å². The molecule has 0 radical (unpaired) electrons. The molecular weight excluding hydrogens is 306 g/mol. The van der Waals surface area contributed by atoms with Crippen LogP contribution in [0.3, 0.4) is 0 Å². The molecule has 4 heteroatoms. The smallest absolute Gasteiger partial charge is 0.328 e. The van der Waals surface area contributed by atoms with E-state index >= 15 is 0 Å². The molecule has 1 rings (SSSR count). The molecule has 106 valence electrons. The lowest BCUT2D eigenvalue weighted by Gasteiger charge is -2.25. The van der Waals surface area contributed by atoms with Crippen molar-refractivity contribution in [2.75, 3.05) is 11.9 Å². The molecule has 1 N–H and O–H groups in total. The van der Waals surface area contributed by atoms with E-state index in [0.717, 1.165) is 23.0 Å². The maximum Gasteiger partial charge on any atom is 0.328 e. The topological polar surface area (TPSA) is 38.3 Å². The van der Waals surface area contributed by atoms with Gasteiger partial charge in [0.25, 0.3) is 0 Å². The quantitative estimate of drug-likeness (QED) is 0.761. The van der Waals surface area contributed by atoms with Crippen molar-refractivity contribution in [3.63, 3.8) is 0 Å². The number of halogens is 1. The molecule has 3 nitrogen and oxygen atoms in total. The Morgan fingerprint density at radius 1 is 1.32 bits per heavy atom. The number of ether oxygens (including phenoxy) is 1. The van der Waals surface area contributed by atoms with Crippen molar-refractivity contribution in [3.05, 3.63) is 28.7 Å². The first-order valence-electron chi connectivity index (χ1n) is 6.81. The molecule has 19 heavy (non-hydrogen) atoms. The minimum atomic E-state index is -0.288. The number of hydrogen-bond donors (Lipinski definition) is 1. The van der Waals surface area contributed by atoms with Gasteiger partial charge in [-0.2, -0.15) is 0 Å². The summed E-state index contributed by atoms with van der Waals surface area (Å²) >= 11 is 3.43. The van der Waals surface area contributed by atoms with Crippen LogP contribution < -0.4 is 5.32 Å². The third kappa shape index (κ3) is 4.86. The fourth-order valence-electron chi connectivity index (χ4n) is 2.12. The molecule has 0 heterocycles. The number of rotatable bonds is 7. The summed E-state index contributed by atoms with van der Waals surface area (Å²) in [6.45, 7) is 6.45. The van der Waals surface area contributed by atoms with E-state index in [-0.39, 0.29) is 17.9 Å². The number of anilines is 1. The predicted octanol–water partition coefficient (Wildman–Crippen LogP) is 4.23. The Morgan fingerprint density at radius 2 is 2.00 bits per heavy atom. The van der Waals surface area contributed by atoms with Gasteiger partial charge in [0.1, 0.15) is 6.04 Å². The summed E-state index contributed by atoms with van der Waals surface area (Å²) in [6.07, 6.45) is 1.89. The summed E-state index contributed by atoms with van der Waals surface area (Å²) in [6, 6.07) is 7.54. The SMILES string of the molecule is CCOC(=O)C(Nc1cccc(Br)c1)C(CC)CC. The second-order valence-electron chi connectivity index (χ2n) is 4.46. The number of carbonyl (C=O) groups excluding carboxylic acids is 1. The van der Waals surface area contributed by atoms with Crippen LogP contribution >= 0.6 is 15.9 Å². The fraction of sp³-hybridized carbons (Fsp3) is 0.533. The molecule has 0 spiro atoms. The van der Waals surface area contributed by atoms with E-state index in [1.54, 1.807) is 0 Å². The molecule has 0 amide bonds. The number of esters is 1. The number of benzene rings is 1. The second kappa shape index (κ2) is 8.20. The zero-order valence-corrected chi connectivity index (χ0v) is 13.4.